The maximum Gasteiger partial charge on any atom is 0.303 e. The van der Waals surface area contributed by atoms with Crippen molar-refractivity contribution >= 4 is 17.9 Å². The number of hydrogen-bond donors (Lipinski definition) is 2. The van der Waals surface area contributed by atoms with E-state index < -0.39 is 17.9 Å². The topological polar surface area (TPSA) is 115 Å². The van der Waals surface area contributed by atoms with Crippen molar-refractivity contribution in [3.05, 3.63) is 12.2 Å². The lowest BCUT2D eigenvalue weighted by molar-refractivity contribution is -0.929. The van der Waals surface area contributed by atoms with Crippen molar-refractivity contribution in [2.45, 2.75) is 142 Å². The van der Waals surface area contributed by atoms with Crippen molar-refractivity contribution in [2.24, 2.45) is 0 Å². The van der Waals surface area contributed by atoms with E-state index in [0.29, 0.717) is 43.4 Å². The van der Waals surface area contributed by atoms with E-state index in [0.717, 1.165) is 19.4 Å². The molecule has 7 heteroatoms. The first kappa shape index (κ1) is 36.1. The summed E-state index contributed by atoms with van der Waals surface area (Å²) >= 11 is 0. The molecule has 0 spiro atoms. The molecule has 2 N–H and O–H groups in total. The first-order valence-corrected chi connectivity index (χ1v) is 15.4. The second-order valence-corrected chi connectivity index (χ2v) is 11.0. The van der Waals surface area contributed by atoms with Crippen LogP contribution in [0.1, 0.15) is 142 Å². The maximum absolute atomic E-state index is 11.0. The van der Waals surface area contributed by atoms with Gasteiger partial charge in [-0.2, -0.15) is 0 Å². The zero-order valence-corrected chi connectivity index (χ0v) is 24.3. The van der Waals surface area contributed by atoms with Gasteiger partial charge in [0.25, 0.3) is 0 Å². The molecule has 0 bridgehead atoms. The van der Waals surface area contributed by atoms with Crippen molar-refractivity contribution in [3.63, 3.8) is 0 Å². The SMILES string of the molecule is CCC/C=C/CCCCCCCCCCCCCC[N+](CCCC(=O)[O-])(CCCC(=O)O)CCCC(=O)O. The third-order valence-corrected chi connectivity index (χ3v) is 7.43. The summed E-state index contributed by atoms with van der Waals surface area (Å²) in [6.45, 7) is 4.98. The summed E-state index contributed by atoms with van der Waals surface area (Å²) in [5.41, 5.74) is 0. The molecule has 0 fully saturated rings. The summed E-state index contributed by atoms with van der Waals surface area (Å²) in [5.74, 6) is -2.74. The lowest BCUT2D eigenvalue weighted by Gasteiger charge is -2.39. The van der Waals surface area contributed by atoms with Gasteiger partial charge in [0.2, 0.25) is 0 Å². The van der Waals surface area contributed by atoms with E-state index in [9.17, 15) is 19.5 Å². The third-order valence-electron chi connectivity index (χ3n) is 7.43. The van der Waals surface area contributed by atoms with Gasteiger partial charge in [0.05, 0.1) is 39.0 Å². The minimum atomic E-state index is -1.07. The Morgan fingerprint density at radius 1 is 0.553 bits per heavy atom. The van der Waals surface area contributed by atoms with E-state index in [2.05, 4.69) is 19.1 Å². The fraction of sp³-hybridized carbons (Fsp3) is 0.839. The van der Waals surface area contributed by atoms with Crippen LogP contribution in [0.4, 0.5) is 0 Å². The van der Waals surface area contributed by atoms with Crippen LogP contribution in [0, 0.1) is 0 Å². The number of aliphatic carboxylic acids is 3. The fourth-order valence-electron chi connectivity index (χ4n) is 5.24. The van der Waals surface area contributed by atoms with Gasteiger partial charge in [0.1, 0.15) is 0 Å². The Hall–Kier alpha value is -1.89. The van der Waals surface area contributed by atoms with Gasteiger partial charge in [-0.1, -0.05) is 83.3 Å². The van der Waals surface area contributed by atoms with Crippen molar-refractivity contribution < 1.29 is 34.2 Å². The number of carboxylic acids is 3. The molecule has 0 atom stereocenters. The summed E-state index contributed by atoms with van der Waals surface area (Å²) in [6.07, 6.45) is 25.0. The Morgan fingerprint density at radius 2 is 0.921 bits per heavy atom. The predicted octanol–water partition coefficient (Wildman–Crippen LogP) is 6.49. The van der Waals surface area contributed by atoms with Gasteiger partial charge >= 0.3 is 11.9 Å². The van der Waals surface area contributed by atoms with E-state index in [4.69, 9.17) is 10.2 Å². The van der Waals surface area contributed by atoms with E-state index in [1.54, 1.807) is 0 Å². The molecule has 222 valence electrons. The molecule has 0 radical (unpaired) electrons. The quantitative estimate of drug-likeness (QED) is 0.0638. The van der Waals surface area contributed by atoms with Crippen molar-refractivity contribution in [2.75, 3.05) is 26.2 Å². The van der Waals surface area contributed by atoms with Crippen LogP contribution >= 0.6 is 0 Å². The molecule has 0 saturated heterocycles. The van der Waals surface area contributed by atoms with Gasteiger partial charge in [-0.15, -0.1) is 0 Å². The normalized spacial score (nSPS) is 11.8. The number of carboxylic acid groups (broad SMARTS) is 3. The van der Waals surface area contributed by atoms with E-state index in [-0.39, 0.29) is 19.3 Å². The van der Waals surface area contributed by atoms with E-state index >= 15 is 0 Å². The standard InChI is InChI=1S/C31H57NO6/c1-2-3-4-5-6-7-8-9-10-11-12-13-14-15-16-17-18-25-32(26-19-22-29(33)34,27-20-23-30(35)36)28-21-24-31(37)38/h4-5H,2-3,6-28H2,1H3,(H2-,33,34,35,36,37,38)/b5-4+. The van der Waals surface area contributed by atoms with Crippen LogP contribution < -0.4 is 5.11 Å². The molecule has 0 aliphatic rings. The second kappa shape index (κ2) is 25.4. The molecular formula is C31H57NO6. The Bertz CT molecular complexity index is 584. The minimum absolute atomic E-state index is 0.0196. The number of carbonyl (C=O) groups excluding carboxylic acids is 1. The Balaban J connectivity index is 4.21. The fourth-order valence-corrected chi connectivity index (χ4v) is 5.24. The zero-order chi connectivity index (χ0) is 28.3. The Morgan fingerprint density at radius 3 is 1.34 bits per heavy atom. The van der Waals surface area contributed by atoms with Crippen LogP contribution in [0.25, 0.3) is 0 Å². The highest BCUT2D eigenvalue weighted by Crippen LogP contribution is 2.19. The molecule has 38 heavy (non-hydrogen) atoms. The van der Waals surface area contributed by atoms with Gasteiger partial charge in [-0.25, -0.2) is 0 Å². The predicted molar refractivity (Wildman–Crippen MR) is 152 cm³/mol. The number of hydrogen-bond acceptors (Lipinski definition) is 4. The van der Waals surface area contributed by atoms with E-state index in [1.807, 2.05) is 0 Å². The summed E-state index contributed by atoms with van der Waals surface area (Å²) in [5, 5.41) is 29.1. The average molecular weight is 540 g/mol. The highest BCUT2D eigenvalue weighted by atomic mass is 16.4. The van der Waals surface area contributed by atoms with E-state index in [1.165, 1.54) is 83.5 Å². The molecule has 0 amide bonds. The highest BCUT2D eigenvalue weighted by molar-refractivity contribution is 5.66. The van der Waals surface area contributed by atoms with Crippen LogP contribution in [-0.2, 0) is 14.4 Å². The Labute approximate surface area is 232 Å². The van der Waals surface area contributed by atoms with Crippen molar-refractivity contribution in [3.8, 4) is 0 Å². The summed E-state index contributed by atoms with van der Waals surface area (Å²) in [6, 6.07) is 0. The Kier molecular flexibility index (Phi) is 24.1. The molecule has 0 unspecified atom stereocenters. The molecule has 0 aliphatic heterocycles. The third kappa shape index (κ3) is 24.4. The number of unbranched alkanes of at least 4 members (excludes halogenated alkanes) is 13. The number of quaternary nitrogens is 1. The number of rotatable bonds is 29. The van der Waals surface area contributed by atoms with Gasteiger partial charge in [-0.3, -0.25) is 9.59 Å². The second-order valence-electron chi connectivity index (χ2n) is 11.0. The van der Waals surface area contributed by atoms with Crippen LogP contribution in [0.3, 0.4) is 0 Å². The smallest absolute Gasteiger partial charge is 0.303 e. The number of carbonyl (C=O) groups is 3. The number of nitrogens with zero attached hydrogens (tertiary/aromatic N) is 1. The van der Waals surface area contributed by atoms with Crippen molar-refractivity contribution in [1.82, 2.24) is 0 Å². The average Bonchev–Trinajstić information content (AvgIpc) is 2.85. The molecule has 0 heterocycles. The summed E-state index contributed by atoms with van der Waals surface area (Å²) < 4.78 is 0.614. The highest BCUT2D eigenvalue weighted by Gasteiger charge is 2.26. The monoisotopic (exact) mass is 539 g/mol. The molecule has 0 aromatic rings. The van der Waals surface area contributed by atoms with Gasteiger partial charge < -0.3 is 24.6 Å². The molecule has 0 saturated carbocycles. The van der Waals surface area contributed by atoms with Crippen molar-refractivity contribution in [1.29, 1.82) is 0 Å². The van der Waals surface area contributed by atoms with Gasteiger partial charge in [0.15, 0.2) is 0 Å². The summed E-state index contributed by atoms with van der Waals surface area (Å²) in [4.78, 5) is 33.0. The first-order valence-electron chi connectivity index (χ1n) is 15.4. The lowest BCUT2D eigenvalue weighted by Crippen LogP contribution is -2.51. The molecule has 0 aromatic heterocycles. The van der Waals surface area contributed by atoms with Crippen LogP contribution in [0.15, 0.2) is 12.2 Å². The molecule has 0 rings (SSSR count). The zero-order valence-electron chi connectivity index (χ0n) is 24.3. The van der Waals surface area contributed by atoms with Gasteiger partial charge in [-0.05, 0) is 38.5 Å². The molecular weight excluding hydrogens is 482 g/mol. The summed E-state index contributed by atoms with van der Waals surface area (Å²) in [7, 11) is 0. The largest absolute Gasteiger partial charge is 0.550 e. The lowest BCUT2D eigenvalue weighted by atomic mass is 10.0. The van der Waals surface area contributed by atoms with Crippen LogP contribution in [0.2, 0.25) is 0 Å². The first-order chi connectivity index (χ1) is 18.3. The minimum Gasteiger partial charge on any atom is -0.550 e. The van der Waals surface area contributed by atoms with Crippen LogP contribution in [0.5, 0.6) is 0 Å². The molecule has 7 nitrogen and oxygen atoms in total. The van der Waals surface area contributed by atoms with Gasteiger partial charge in [0, 0.05) is 25.2 Å². The van der Waals surface area contributed by atoms with Crippen LogP contribution in [-0.4, -0.2) is 58.8 Å². The maximum atomic E-state index is 11.0. The molecule has 0 aromatic carbocycles. The number of allylic oxidation sites excluding steroid dienone is 2. The molecule has 0 aliphatic carbocycles.